The van der Waals surface area contributed by atoms with Gasteiger partial charge in [0, 0.05) is 19.6 Å². The van der Waals surface area contributed by atoms with Crippen LogP contribution in [0, 0.1) is 5.41 Å². The number of hydrogen-bond donors (Lipinski definition) is 2. The zero-order valence-corrected chi connectivity index (χ0v) is 10.9. The average Bonchev–Trinajstić information content (AvgIpc) is 2.38. The number of nitrogens with one attached hydrogen (secondary N) is 1. The van der Waals surface area contributed by atoms with Crippen molar-refractivity contribution in [3.8, 4) is 0 Å². The van der Waals surface area contributed by atoms with Gasteiger partial charge in [-0.15, -0.1) is 6.58 Å². The zero-order chi connectivity index (χ0) is 13.6. The predicted molar refractivity (Wildman–Crippen MR) is 69.2 cm³/mol. The molecular weight excluding hydrogens is 232 g/mol. The van der Waals surface area contributed by atoms with Crippen molar-refractivity contribution in [2.24, 2.45) is 5.41 Å². The van der Waals surface area contributed by atoms with E-state index in [2.05, 4.69) is 11.9 Å². The molecule has 102 valence electrons. The number of carboxylic acids is 1. The van der Waals surface area contributed by atoms with Crippen LogP contribution in [0.25, 0.3) is 0 Å². The number of nitrogens with zero attached hydrogens (tertiary/aromatic N) is 1. The van der Waals surface area contributed by atoms with Crippen molar-refractivity contribution in [2.45, 2.75) is 26.2 Å². The molecule has 1 rings (SSSR count). The molecule has 0 radical (unpaired) electrons. The van der Waals surface area contributed by atoms with Crippen molar-refractivity contribution in [3.05, 3.63) is 12.7 Å². The van der Waals surface area contributed by atoms with E-state index in [0.717, 1.165) is 0 Å². The minimum atomic E-state index is -0.734. The second-order valence-corrected chi connectivity index (χ2v) is 4.74. The van der Waals surface area contributed by atoms with Crippen LogP contribution in [0.5, 0.6) is 0 Å². The number of carbonyl (C=O) groups excluding carboxylic acids is 1. The highest BCUT2D eigenvalue weighted by atomic mass is 16.4. The Labute approximate surface area is 108 Å². The van der Waals surface area contributed by atoms with Crippen LogP contribution in [0.4, 0.5) is 0 Å². The van der Waals surface area contributed by atoms with Crippen LogP contribution < -0.4 is 5.32 Å². The molecule has 1 saturated heterocycles. The molecule has 0 aliphatic carbocycles. The lowest BCUT2D eigenvalue weighted by Gasteiger charge is -2.38. The van der Waals surface area contributed by atoms with Gasteiger partial charge in [-0.1, -0.05) is 13.0 Å². The smallest absolute Gasteiger partial charge is 0.309 e. The summed E-state index contributed by atoms with van der Waals surface area (Å²) in [7, 11) is 0. The molecule has 0 unspecified atom stereocenters. The number of carbonyl (C=O) groups is 2. The maximum atomic E-state index is 11.8. The van der Waals surface area contributed by atoms with Crippen LogP contribution in [0.15, 0.2) is 12.7 Å². The number of piperidine rings is 1. The highest BCUT2D eigenvalue weighted by Gasteiger charge is 2.40. The third-order valence-electron chi connectivity index (χ3n) is 3.77. The molecule has 18 heavy (non-hydrogen) atoms. The second kappa shape index (κ2) is 6.54. The van der Waals surface area contributed by atoms with Crippen molar-refractivity contribution in [1.82, 2.24) is 10.2 Å². The fourth-order valence-corrected chi connectivity index (χ4v) is 2.30. The Morgan fingerprint density at radius 1 is 1.44 bits per heavy atom. The number of likely N-dealkylation sites (tertiary alicyclic amines) is 1. The molecule has 0 aromatic heterocycles. The Kier molecular flexibility index (Phi) is 5.34. The van der Waals surface area contributed by atoms with E-state index in [1.807, 2.05) is 6.92 Å². The van der Waals surface area contributed by atoms with Crippen LogP contribution in [0.1, 0.15) is 26.2 Å². The first-order valence-electron chi connectivity index (χ1n) is 6.38. The first kappa shape index (κ1) is 14.7. The molecule has 1 fully saturated rings. The van der Waals surface area contributed by atoms with E-state index in [-0.39, 0.29) is 12.5 Å². The summed E-state index contributed by atoms with van der Waals surface area (Å²) in [6, 6.07) is 0. The quantitative estimate of drug-likeness (QED) is 0.545. The summed E-state index contributed by atoms with van der Waals surface area (Å²) in [5.41, 5.74) is -0.634. The average molecular weight is 254 g/mol. The minimum absolute atomic E-state index is 0.0342. The summed E-state index contributed by atoms with van der Waals surface area (Å²) in [6.07, 6.45) is 3.42. The minimum Gasteiger partial charge on any atom is -0.481 e. The summed E-state index contributed by atoms with van der Waals surface area (Å²) in [4.78, 5) is 24.8. The fraction of sp³-hybridized carbons (Fsp3) is 0.692. The lowest BCUT2D eigenvalue weighted by atomic mass is 9.76. The molecule has 5 nitrogen and oxygen atoms in total. The largest absolute Gasteiger partial charge is 0.481 e. The lowest BCUT2D eigenvalue weighted by molar-refractivity contribution is -0.154. The van der Waals surface area contributed by atoms with Gasteiger partial charge in [-0.05, 0) is 19.3 Å². The Balaban J connectivity index is 2.45. The van der Waals surface area contributed by atoms with E-state index < -0.39 is 11.4 Å². The Hall–Kier alpha value is -1.36. The molecule has 2 N–H and O–H groups in total. The maximum Gasteiger partial charge on any atom is 0.309 e. The fourth-order valence-electron chi connectivity index (χ4n) is 2.30. The Bertz CT molecular complexity index is 320. The van der Waals surface area contributed by atoms with Gasteiger partial charge in [-0.3, -0.25) is 9.59 Å². The van der Waals surface area contributed by atoms with Crippen LogP contribution in [0.2, 0.25) is 0 Å². The lowest BCUT2D eigenvalue weighted by Crippen LogP contribution is -2.48. The van der Waals surface area contributed by atoms with Crippen LogP contribution in [0.3, 0.4) is 0 Å². The van der Waals surface area contributed by atoms with Crippen LogP contribution in [-0.4, -0.2) is 48.1 Å². The number of carboxylic acid groups (broad SMARTS) is 1. The van der Waals surface area contributed by atoms with Crippen LogP contribution in [-0.2, 0) is 9.59 Å². The number of amides is 1. The summed E-state index contributed by atoms with van der Waals surface area (Å²) in [5.74, 6) is -0.700. The van der Waals surface area contributed by atoms with Gasteiger partial charge < -0.3 is 15.3 Å². The number of aliphatic carboxylic acids is 1. The molecule has 0 spiro atoms. The molecule has 1 aliphatic heterocycles. The predicted octanol–water partition coefficient (Wildman–Crippen LogP) is 0.865. The normalized spacial score (nSPS) is 18.4. The van der Waals surface area contributed by atoms with Gasteiger partial charge in [0.15, 0.2) is 0 Å². The van der Waals surface area contributed by atoms with Gasteiger partial charge in [0.05, 0.1) is 12.0 Å². The van der Waals surface area contributed by atoms with Crippen molar-refractivity contribution >= 4 is 11.9 Å². The third kappa shape index (κ3) is 3.32. The van der Waals surface area contributed by atoms with E-state index in [4.69, 9.17) is 0 Å². The SMILES string of the molecule is C=CCNCC(=O)N1CCC(CC)(C(=O)O)CC1. The summed E-state index contributed by atoms with van der Waals surface area (Å²) in [6.45, 7) is 7.43. The van der Waals surface area contributed by atoms with Crippen molar-refractivity contribution in [1.29, 1.82) is 0 Å². The van der Waals surface area contributed by atoms with Crippen molar-refractivity contribution in [3.63, 3.8) is 0 Å². The van der Waals surface area contributed by atoms with E-state index >= 15 is 0 Å². The Morgan fingerprint density at radius 2 is 2.06 bits per heavy atom. The van der Waals surface area contributed by atoms with E-state index in [0.29, 0.717) is 38.9 Å². The first-order valence-corrected chi connectivity index (χ1v) is 6.38. The van der Waals surface area contributed by atoms with Gasteiger partial charge >= 0.3 is 5.97 Å². The molecule has 0 atom stereocenters. The topological polar surface area (TPSA) is 69.6 Å². The Morgan fingerprint density at radius 3 is 2.50 bits per heavy atom. The van der Waals surface area contributed by atoms with Gasteiger partial charge in [0.1, 0.15) is 0 Å². The molecule has 0 saturated carbocycles. The first-order chi connectivity index (χ1) is 8.55. The number of rotatable bonds is 6. The van der Waals surface area contributed by atoms with E-state index in [1.165, 1.54) is 0 Å². The second-order valence-electron chi connectivity index (χ2n) is 4.74. The molecule has 0 bridgehead atoms. The van der Waals surface area contributed by atoms with Crippen LogP contribution >= 0.6 is 0 Å². The maximum absolute atomic E-state index is 11.8. The summed E-state index contributed by atoms with van der Waals surface area (Å²) >= 11 is 0. The van der Waals surface area contributed by atoms with Gasteiger partial charge in [0.25, 0.3) is 0 Å². The summed E-state index contributed by atoms with van der Waals surface area (Å²) < 4.78 is 0. The molecule has 0 aromatic rings. The molecule has 0 aromatic carbocycles. The third-order valence-corrected chi connectivity index (χ3v) is 3.77. The summed E-state index contributed by atoms with van der Waals surface area (Å²) in [5, 5.41) is 12.2. The van der Waals surface area contributed by atoms with Crippen molar-refractivity contribution < 1.29 is 14.7 Å². The highest BCUT2D eigenvalue weighted by Crippen LogP contribution is 2.35. The standard InChI is InChI=1S/C13H22N2O3/c1-3-7-14-10-11(16)15-8-5-13(4-2,6-9-15)12(17)18/h3,14H,1,4-10H2,2H3,(H,17,18). The molecule has 1 heterocycles. The van der Waals surface area contributed by atoms with Gasteiger partial charge in [0.2, 0.25) is 5.91 Å². The molecule has 1 amide bonds. The zero-order valence-electron chi connectivity index (χ0n) is 10.9. The molecule has 1 aliphatic rings. The molecular formula is C13H22N2O3. The van der Waals surface area contributed by atoms with Crippen molar-refractivity contribution in [2.75, 3.05) is 26.2 Å². The highest BCUT2D eigenvalue weighted by molar-refractivity contribution is 5.79. The van der Waals surface area contributed by atoms with Gasteiger partial charge in [-0.25, -0.2) is 0 Å². The van der Waals surface area contributed by atoms with E-state index in [9.17, 15) is 14.7 Å². The molecule has 5 heteroatoms. The number of hydrogen-bond acceptors (Lipinski definition) is 3. The van der Waals surface area contributed by atoms with Gasteiger partial charge in [-0.2, -0.15) is 0 Å². The monoisotopic (exact) mass is 254 g/mol. The van der Waals surface area contributed by atoms with E-state index in [1.54, 1.807) is 11.0 Å².